The van der Waals surface area contributed by atoms with Gasteiger partial charge in [-0.3, -0.25) is 0 Å². The minimum Gasteiger partial charge on any atom is -0.334 e. The molecular weight excluding hydrogens is 272 g/mol. The zero-order chi connectivity index (χ0) is 15.8. The van der Waals surface area contributed by atoms with Crippen molar-refractivity contribution in [2.24, 2.45) is 0 Å². The van der Waals surface area contributed by atoms with E-state index in [-0.39, 0.29) is 11.6 Å². The molecule has 0 saturated carbocycles. The molecule has 116 valence electrons. The van der Waals surface area contributed by atoms with E-state index in [1.165, 1.54) is 0 Å². The molecule has 0 fully saturated rings. The van der Waals surface area contributed by atoms with Crippen LogP contribution in [0.3, 0.4) is 0 Å². The molecule has 0 spiro atoms. The fourth-order valence-electron chi connectivity index (χ4n) is 2.70. The van der Waals surface area contributed by atoms with E-state index in [0.29, 0.717) is 6.54 Å². The van der Waals surface area contributed by atoms with E-state index in [9.17, 15) is 4.79 Å². The summed E-state index contributed by atoms with van der Waals surface area (Å²) in [5.74, 6) is 0. The second-order valence-electron chi connectivity index (χ2n) is 5.45. The molecule has 2 aromatic rings. The number of hydrogen-bond acceptors (Lipinski definition) is 1. The lowest BCUT2D eigenvalue weighted by Crippen LogP contribution is -2.49. The second kappa shape index (κ2) is 7.64. The molecule has 2 rings (SSSR count). The van der Waals surface area contributed by atoms with Gasteiger partial charge in [0, 0.05) is 6.54 Å². The SMILES string of the molecule is CCC(CC)(NC(=O)NCc1ccccc1)c1ccccc1. The summed E-state index contributed by atoms with van der Waals surface area (Å²) < 4.78 is 0. The molecule has 0 aliphatic carbocycles. The summed E-state index contributed by atoms with van der Waals surface area (Å²) >= 11 is 0. The summed E-state index contributed by atoms with van der Waals surface area (Å²) in [5, 5.41) is 6.11. The summed E-state index contributed by atoms with van der Waals surface area (Å²) in [5.41, 5.74) is 1.92. The Bertz CT molecular complexity index is 577. The molecule has 22 heavy (non-hydrogen) atoms. The van der Waals surface area contributed by atoms with Gasteiger partial charge in [0.25, 0.3) is 0 Å². The van der Waals surface area contributed by atoms with Gasteiger partial charge in [-0.2, -0.15) is 0 Å². The summed E-state index contributed by atoms with van der Waals surface area (Å²) in [6.45, 7) is 4.74. The lowest BCUT2D eigenvalue weighted by Gasteiger charge is -2.33. The van der Waals surface area contributed by atoms with Crippen LogP contribution in [0.4, 0.5) is 4.79 Å². The van der Waals surface area contributed by atoms with Crippen LogP contribution in [0.2, 0.25) is 0 Å². The van der Waals surface area contributed by atoms with E-state index in [0.717, 1.165) is 24.0 Å². The highest BCUT2D eigenvalue weighted by atomic mass is 16.2. The van der Waals surface area contributed by atoms with Crippen molar-refractivity contribution in [1.82, 2.24) is 10.6 Å². The quantitative estimate of drug-likeness (QED) is 0.824. The van der Waals surface area contributed by atoms with E-state index in [1.807, 2.05) is 48.5 Å². The largest absolute Gasteiger partial charge is 0.334 e. The Hall–Kier alpha value is -2.29. The molecule has 0 atom stereocenters. The fourth-order valence-corrected chi connectivity index (χ4v) is 2.70. The van der Waals surface area contributed by atoms with E-state index in [1.54, 1.807) is 0 Å². The first-order valence-electron chi connectivity index (χ1n) is 7.85. The third-order valence-electron chi connectivity index (χ3n) is 4.18. The summed E-state index contributed by atoms with van der Waals surface area (Å²) in [6, 6.07) is 20.0. The monoisotopic (exact) mass is 296 g/mol. The molecule has 0 heterocycles. The van der Waals surface area contributed by atoms with Gasteiger partial charge in [-0.1, -0.05) is 74.5 Å². The molecule has 0 saturated heterocycles. The first-order chi connectivity index (χ1) is 10.7. The first-order valence-corrected chi connectivity index (χ1v) is 7.85. The molecule has 0 aliphatic heterocycles. The van der Waals surface area contributed by atoms with Crippen molar-refractivity contribution < 1.29 is 4.79 Å². The van der Waals surface area contributed by atoms with Crippen LogP contribution in [0.25, 0.3) is 0 Å². The molecule has 0 aliphatic rings. The van der Waals surface area contributed by atoms with Crippen LogP contribution in [0, 0.1) is 0 Å². The van der Waals surface area contributed by atoms with Gasteiger partial charge >= 0.3 is 6.03 Å². The molecule has 0 aromatic heterocycles. The predicted octanol–water partition coefficient (Wildman–Crippen LogP) is 4.20. The van der Waals surface area contributed by atoms with Crippen LogP contribution in [0.5, 0.6) is 0 Å². The molecule has 3 nitrogen and oxygen atoms in total. The van der Waals surface area contributed by atoms with E-state index in [2.05, 4.69) is 36.6 Å². The third-order valence-corrected chi connectivity index (χ3v) is 4.18. The minimum atomic E-state index is -0.317. The van der Waals surface area contributed by atoms with Crippen molar-refractivity contribution in [3.05, 3.63) is 71.8 Å². The lowest BCUT2D eigenvalue weighted by atomic mass is 9.85. The van der Waals surface area contributed by atoms with Gasteiger partial charge in [0.15, 0.2) is 0 Å². The normalized spacial score (nSPS) is 11.0. The van der Waals surface area contributed by atoms with Gasteiger partial charge in [-0.25, -0.2) is 4.79 Å². The number of carbonyl (C=O) groups excluding carboxylic acids is 1. The van der Waals surface area contributed by atoms with Crippen molar-refractivity contribution in [3.63, 3.8) is 0 Å². The fraction of sp³-hybridized carbons (Fsp3) is 0.316. The minimum absolute atomic E-state index is 0.128. The Kier molecular flexibility index (Phi) is 5.59. The van der Waals surface area contributed by atoms with Gasteiger partial charge in [0.2, 0.25) is 0 Å². The smallest absolute Gasteiger partial charge is 0.315 e. The Morgan fingerprint density at radius 2 is 1.45 bits per heavy atom. The van der Waals surface area contributed by atoms with Gasteiger partial charge < -0.3 is 10.6 Å². The summed E-state index contributed by atoms with van der Waals surface area (Å²) in [6.07, 6.45) is 1.71. The highest BCUT2D eigenvalue weighted by molar-refractivity contribution is 5.75. The highest BCUT2D eigenvalue weighted by Crippen LogP contribution is 2.28. The first kappa shape index (κ1) is 16.1. The van der Waals surface area contributed by atoms with Crippen LogP contribution < -0.4 is 10.6 Å². The van der Waals surface area contributed by atoms with E-state index < -0.39 is 0 Å². The number of benzene rings is 2. The second-order valence-corrected chi connectivity index (χ2v) is 5.45. The molecule has 0 radical (unpaired) electrons. The van der Waals surface area contributed by atoms with E-state index in [4.69, 9.17) is 0 Å². The van der Waals surface area contributed by atoms with Crippen LogP contribution in [0.1, 0.15) is 37.8 Å². The highest BCUT2D eigenvalue weighted by Gasteiger charge is 2.29. The molecule has 3 heteroatoms. The number of nitrogens with one attached hydrogen (secondary N) is 2. The Balaban J connectivity index is 2.03. The van der Waals surface area contributed by atoms with Crippen LogP contribution >= 0.6 is 0 Å². The average Bonchev–Trinajstić information content (AvgIpc) is 2.60. The summed E-state index contributed by atoms with van der Waals surface area (Å²) in [4.78, 5) is 12.3. The molecular formula is C19H24N2O. The molecule has 0 bridgehead atoms. The predicted molar refractivity (Wildman–Crippen MR) is 90.5 cm³/mol. The standard InChI is InChI=1S/C19H24N2O/c1-3-19(4-2,17-13-9-6-10-14-17)21-18(22)20-15-16-11-7-5-8-12-16/h5-14H,3-4,15H2,1-2H3,(H2,20,21,22). The van der Waals surface area contributed by atoms with Crippen LogP contribution in [-0.4, -0.2) is 6.03 Å². The molecule has 2 amide bonds. The topological polar surface area (TPSA) is 41.1 Å². The number of amides is 2. The lowest BCUT2D eigenvalue weighted by molar-refractivity contribution is 0.220. The average molecular weight is 296 g/mol. The number of hydrogen-bond donors (Lipinski definition) is 2. The van der Waals surface area contributed by atoms with Gasteiger partial charge in [0.05, 0.1) is 5.54 Å². The number of urea groups is 1. The Morgan fingerprint density at radius 1 is 0.909 bits per heavy atom. The maximum absolute atomic E-state index is 12.3. The maximum Gasteiger partial charge on any atom is 0.315 e. The third kappa shape index (κ3) is 3.88. The van der Waals surface area contributed by atoms with Gasteiger partial charge in [0.1, 0.15) is 0 Å². The Morgan fingerprint density at radius 3 is 2.00 bits per heavy atom. The van der Waals surface area contributed by atoms with Crippen molar-refractivity contribution in [2.45, 2.75) is 38.8 Å². The number of carbonyl (C=O) groups is 1. The molecule has 2 aromatic carbocycles. The van der Waals surface area contributed by atoms with Crippen LogP contribution in [0.15, 0.2) is 60.7 Å². The summed E-state index contributed by atoms with van der Waals surface area (Å²) in [7, 11) is 0. The molecule has 2 N–H and O–H groups in total. The van der Waals surface area contributed by atoms with Gasteiger partial charge in [-0.05, 0) is 24.0 Å². The number of rotatable bonds is 6. The maximum atomic E-state index is 12.3. The van der Waals surface area contributed by atoms with Crippen molar-refractivity contribution in [2.75, 3.05) is 0 Å². The van der Waals surface area contributed by atoms with Crippen molar-refractivity contribution in [1.29, 1.82) is 0 Å². The van der Waals surface area contributed by atoms with Crippen molar-refractivity contribution >= 4 is 6.03 Å². The van der Waals surface area contributed by atoms with E-state index >= 15 is 0 Å². The van der Waals surface area contributed by atoms with Crippen LogP contribution in [-0.2, 0) is 12.1 Å². The zero-order valence-corrected chi connectivity index (χ0v) is 13.3. The zero-order valence-electron chi connectivity index (χ0n) is 13.3. The van der Waals surface area contributed by atoms with Crippen molar-refractivity contribution in [3.8, 4) is 0 Å². The molecule has 0 unspecified atom stereocenters. The van der Waals surface area contributed by atoms with Gasteiger partial charge in [-0.15, -0.1) is 0 Å². The Labute approximate surface area is 132 Å².